The van der Waals surface area contributed by atoms with Crippen molar-refractivity contribution in [2.45, 2.75) is 33.4 Å². The zero-order chi connectivity index (χ0) is 16.3. The van der Waals surface area contributed by atoms with Crippen LogP contribution in [0.1, 0.15) is 26.5 Å². The van der Waals surface area contributed by atoms with Crippen LogP contribution in [0, 0.1) is 17.6 Å². The van der Waals surface area contributed by atoms with E-state index in [1.54, 1.807) is 18.2 Å². The highest BCUT2D eigenvalue weighted by Crippen LogP contribution is 2.24. The number of pyridine rings is 1. The third-order valence-electron chi connectivity index (χ3n) is 3.73. The second-order valence-corrected chi connectivity index (χ2v) is 6.52. The number of rotatable bonds is 5. The topological polar surface area (TPSA) is 24.9 Å². The summed E-state index contributed by atoms with van der Waals surface area (Å²) in [5, 5.41) is 3.25. The van der Waals surface area contributed by atoms with Gasteiger partial charge in [0.15, 0.2) is 0 Å². The fraction of sp³-hybridized carbons (Fsp3) is 0.353. The summed E-state index contributed by atoms with van der Waals surface area (Å²) in [6.07, 6.45) is 0. The quantitative estimate of drug-likeness (QED) is 0.809. The van der Waals surface area contributed by atoms with Gasteiger partial charge in [-0.25, -0.2) is 13.8 Å². The van der Waals surface area contributed by atoms with E-state index in [-0.39, 0.29) is 17.7 Å². The first kappa shape index (κ1) is 17.0. The molecule has 0 spiro atoms. The van der Waals surface area contributed by atoms with E-state index in [1.165, 1.54) is 12.1 Å². The van der Waals surface area contributed by atoms with Crippen LogP contribution >= 0.6 is 15.9 Å². The van der Waals surface area contributed by atoms with Crippen LogP contribution in [0.2, 0.25) is 0 Å². The molecule has 118 valence electrons. The Balaban J connectivity index is 2.24. The van der Waals surface area contributed by atoms with E-state index < -0.39 is 0 Å². The molecule has 0 saturated carbocycles. The van der Waals surface area contributed by atoms with E-state index in [9.17, 15) is 8.78 Å². The van der Waals surface area contributed by atoms with Gasteiger partial charge in [0.05, 0.1) is 15.9 Å². The Morgan fingerprint density at radius 1 is 1.09 bits per heavy atom. The smallest absolute Gasteiger partial charge is 0.146 e. The van der Waals surface area contributed by atoms with Crippen LogP contribution in [0.4, 0.5) is 8.78 Å². The lowest BCUT2D eigenvalue weighted by atomic mass is 10.1. The molecule has 1 N–H and O–H groups in total. The summed E-state index contributed by atoms with van der Waals surface area (Å²) in [6.45, 7) is 6.60. The van der Waals surface area contributed by atoms with Crippen LogP contribution in [-0.2, 0) is 6.54 Å². The summed E-state index contributed by atoms with van der Waals surface area (Å²) < 4.78 is 27.9. The van der Waals surface area contributed by atoms with Crippen LogP contribution in [-0.4, -0.2) is 11.0 Å². The van der Waals surface area contributed by atoms with Crippen molar-refractivity contribution in [2.75, 3.05) is 0 Å². The largest absolute Gasteiger partial charge is 0.308 e. The molecule has 0 fully saturated rings. The average Bonchev–Trinajstić information content (AvgIpc) is 2.48. The highest BCUT2D eigenvalue weighted by molar-refractivity contribution is 9.10. The lowest BCUT2D eigenvalue weighted by Crippen LogP contribution is -2.30. The number of hydrogen-bond acceptors (Lipinski definition) is 2. The van der Waals surface area contributed by atoms with E-state index in [0.29, 0.717) is 33.9 Å². The van der Waals surface area contributed by atoms with Gasteiger partial charge in [-0.2, -0.15) is 0 Å². The number of hydrogen-bond donors (Lipinski definition) is 1. The molecule has 0 bridgehead atoms. The molecular weight excluding hydrogens is 350 g/mol. The van der Waals surface area contributed by atoms with Crippen LogP contribution in [0.5, 0.6) is 0 Å². The van der Waals surface area contributed by atoms with Crippen molar-refractivity contribution in [3.05, 3.63) is 52.1 Å². The lowest BCUT2D eigenvalue weighted by Gasteiger charge is -2.17. The predicted molar refractivity (Wildman–Crippen MR) is 88.4 cm³/mol. The first-order valence-corrected chi connectivity index (χ1v) is 8.02. The Kier molecular flexibility index (Phi) is 5.64. The molecule has 0 aliphatic carbocycles. The minimum absolute atomic E-state index is 0.259. The summed E-state index contributed by atoms with van der Waals surface area (Å²) in [7, 11) is 0. The number of aromatic nitrogens is 1. The van der Waals surface area contributed by atoms with Gasteiger partial charge in [-0.15, -0.1) is 0 Å². The van der Waals surface area contributed by atoms with Crippen LogP contribution < -0.4 is 5.32 Å². The molecule has 1 aromatic heterocycles. The fourth-order valence-corrected chi connectivity index (χ4v) is 2.16. The molecule has 0 radical (unpaired) electrons. The highest BCUT2D eigenvalue weighted by Gasteiger charge is 2.11. The molecule has 0 aliphatic heterocycles. The van der Waals surface area contributed by atoms with Crippen LogP contribution in [0.3, 0.4) is 0 Å². The molecule has 5 heteroatoms. The van der Waals surface area contributed by atoms with E-state index in [0.717, 1.165) is 0 Å². The van der Waals surface area contributed by atoms with Gasteiger partial charge in [0.2, 0.25) is 0 Å². The maximum atomic E-state index is 13.9. The van der Waals surface area contributed by atoms with Gasteiger partial charge >= 0.3 is 0 Å². The molecule has 0 aliphatic rings. The SMILES string of the molecule is CC(C)[C@@H](C)NCc1nc(-c2ccc(Br)c(F)c2)ccc1F. The number of nitrogens with one attached hydrogen (secondary N) is 1. The maximum absolute atomic E-state index is 13.9. The summed E-state index contributed by atoms with van der Waals surface area (Å²) in [4.78, 5) is 4.33. The molecule has 1 atom stereocenters. The zero-order valence-electron chi connectivity index (χ0n) is 12.8. The Morgan fingerprint density at radius 2 is 1.82 bits per heavy atom. The Labute approximate surface area is 138 Å². The summed E-state index contributed by atoms with van der Waals surface area (Å²) in [5.41, 5.74) is 1.52. The monoisotopic (exact) mass is 368 g/mol. The normalized spacial score (nSPS) is 12.7. The van der Waals surface area contributed by atoms with E-state index >= 15 is 0 Å². The van der Waals surface area contributed by atoms with Gasteiger partial charge in [0, 0.05) is 18.2 Å². The minimum Gasteiger partial charge on any atom is -0.308 e. The van der Waals surface area contributed by atoms with Crippen molar-refractivity contribution < 1.29 is 8.78 Å². The predicted octanol–water partition coefficient (Wildman–Crippen LogP) is 4.92. The summed E-state index contributed by atoms with van der Waals surface area (Å²) in [6, 6.07) is 7.95. The first-order valence-electron chi connectivity index (χ1n) is 7.22. The standard InChI is InChI=1S/C17H19BrF2N2/c1-10(2)11(3)21-9-17-14(19)6-7-16(22-17)12-4-5-13(18)15(20)8-12/h4-8,10-11,21H,9H2,1-3H3/t11-/m1/s1. The minimum atomic E-state index is -0.364. The van der Waals surface area contributed by atoms with Gasteiger partial charge in [0.1, 0.15) is 11.6 Å². The third-order valence-corrected chi connectivity index (χ3v) is 4.37. The van der Waals surface area contributed by atoms with Crippen LogP contribution in [0.15, 0.2) is 34.8 Å². The Morgan fingerprint density at radius 3 is 2.45 bits per heavy atom. The molecule has 2 rings (SSSR count). The number of benzene rings is 1. The van der Waals surface area contributed by atoms with Crippen molar-refractivity contribution in [1.29, 1.82) is 0 Å². The van der Waals surface area contributed by atoms with Crippen molar-refractivity contribution >= 4 is 15.9 Å². The molecule has 2 aromatic rings. The number of halogens is 3. The fourth-order valence-electron chi connectivity index (χ4n) is 1.92. The Bertz CT molecular complexity index is 659. The molecule has 0 amide bonds. The average molecular weight is 369 g/mol. The molecule has 1 aromatic carbocycles. The van der Waals surface area contributed by atoms with Gasteiger partial charge in [0.25, 0.3) is 0 Å². The first-order chi connectivity index (χ1) is 10.4. The molecule has 22 heavy (non-hydrogen) atoms. The third kappa shape index (κ3) is 4.11. The van der Waals surface area contributed by atoms with Gasteiger partial charge < -0.3 is 5.32 Å². The van der Waals surface area contributed by atoms with Crippen molar-refractivity contribution in [3.8, 4) is 11.3 Å². The summed E-state index contributed by atoms with van der Waals surface area (Å²) >= 11 is 3.12. The number of nitrogens with zero attached hydrogens (tertiary/aromatic N) is 1. The maximum Gasteiger partial charge on any atom is 0.146 e. The lowest BCUT2D eigenvalue weighted by molar-refractivity contribution is 0.418. The Hall–Kier alpha value is -1.33. The second-order valence-electron chi connectivity index (χ2n) is 5.67. The van der Waals surface area contributed by atoms with Gasteiger partial charge in [-0.05, 0) is 53.0 Å². The zero-order valence-corrected chi connectivity index (χ0v) is 14.4. The van der Waals surface area contributed by atoms with E-state index in [2.05, 4.69) is 47.0 Å². The van der Waals surface area contributed by atoms with Crippen molar-refractivity contribution in [2.24, 2.45) is 5.92 Å². The second kappa shape index (κ2) is 7.29. The van der Waals surface area contributed by atoms with E-state index in [1.807, 2.05) is 0 Å². The van der Waals surface area contributed by atoms with Crippen molar-refractivity contribution in [3.63, 3.8) is 0 Å². The molecule has 0 saturated heterocycles. The molecular formula is C17H19BrF2N2. The molecule has 2 nitrogen and oxygen atoms in total. The molecule has 0 unspecified atom stereocenters. The van der Waals surface area contributed by atoms with Crippen molar-refractivity contribution in [1.82, 2.24) is 10.3 Å². The summed E-state index contributed by atoms with van der Waals surface area (Å²) in [5.74, 6) is -0.270. The molecule has 1 heterocycles. The highest BCUT2D eigenvalue weighted by atomic mass is 79.9. The van der Waals surface area contributed by atoms with E-state index in [4.69, 9.17) is 0 Å². The van der Waals surface area contributed by atoms with Gasteiger partial charge in [-0.1, -0.05) is 19.9 Å². The van der Waals surface area contributed by atoms with Crippen LogP contribution in [0.25, 0.3) is 11.3 Å². The van der Waals surface area contributed by atoms with Gasteiger partial charge in [-0.3, -0.25) is 0 Å².